The summed E-state index contributed by atoms with van der Waals surface area (Å²) in [7, 11) is 0. The van der Waals surface area contributed by atoms with Crippen LogP contribution >= 0.6 is 0 Å². The van der Waals surface area contributed by atoms with Crippen molar-refractivity contribution >= 4 is 60.3 Å². The third-order valence-electron chi connectivity index (χ3n) is 8.83. The highest BCUT2D eigenvalue weighted by Gasteiger charge is 2.25. The summed E-state index contributed by atoms with van der Waals surface area (Å²) in [5.74, 6) is 0. The Morgan fingerprint density at radius 2 is 1.34 bits per heavy atom. The van der Waals surface area contributed by atoms with Crippen molar-refractivity contribution in [3.05, 3.63) is 127 Å². The van der Waals surface area contributed by atoms with Gasteiger partial charge in [0.05, 0.1) is 28.3 Å². The van der Waals surface area contributed by atoms with Gasteiger partial charge < -0.3 is 4.57 Å². The first-order valence-corrected chi connectivity index (χ1v) is 13.9. The number of pyridine rings is 3. The Morgan fingerprint density at radius 3 is 2.27 bits per heavy atom. The van der Waals surface area contributed by atoms with Crippen molar-refractivity contribution in [3.8, 4) is 16.8 Å². The van der Waals surface area contributed by atoms with E-state index in [0.29, 0.717) is 0 Å². The average Bonchev–Trinajstić information content (AvgIpc) is 3.69. The van der Waals surface area contributed by atoms with Gasteiger partial charge in [-0.25, -0.2) is 9.97 Å². The van der Waals surface area contributed by atoms with Crippen LogP contribution in [0.3, 0.4) is 0 Å². The first-order valence-electron chi connectivity index (χ1n) is 13.9. The fourth-order valence-corrected chi connectivity index (χ4v) is 7.10. The molecule has 0 atom stereocenters. The molecule has 0 spiro atoms. The lowest BCUT2D eigenvalue weighted by atomic mass is 9.98. The van der Waals surface area contributed by atoms with Gasteiger partial charge >= 0.3 is 0 Å². The summed E-state index contributed by atoms with van der Waals surface area (Å²) < 4.78 is 4.61. The lowest BCUT2D eigenvalue weighted by Gasteiger charge is -2.11. The van der Waals surface area contributed by atoms with Crippen molar-refractivity contribution in [2.45, 2.75) is 6.42 Å². The molecule has 1 aliphatic rings. The molecule has 5 heteroatoms. The molecule has 0 saturated heterocycles. The molecule has 0 bridgehead atoms. The highest BCUT2D eigenvalue weighted by atomic mass is 15.1. The van der Waals surface area contributed by atoms with Crippen LogP contribution < -0.4 is 0 Å². The van der Waals surface area contributed by atoms with Crippen LogP contribution in [0.1, 0.15) is 11.1 Å². The van der Waals surface area contributed by atoms with Crippen molar-refractivity contribution in [3.63, 3.8) is 0 Å². The molecular formula is C36H21N5. The number of fused-ring (bicyclic) bond motifs is 14. The standard InChI is InChI=1S/C36H21N5/c1-2-7-23(8-3-1)40-31-10-5-4-9-24(31)29-16-21-15-22-17-30-28(18-26(22)27(21)19-33(29)40)25-12-14-37-20-34(25)41-32-11-6-13-38-35(32)39-36(30)41/h1-14,16-20H,15H2. The van der Waals surface area contributed by atoms with Gasteiger partial charge in [0.15, 0.2) is 5.65 Å². The van der Waals surface area contributed by atoms with Gasteiger partial charge in [-0.1, -0.05) is 36.4 Å². The summed E-state index contributed by atoms with van der Waals surface area (Å²) >= 11 is 0. The minimum Gasteiger partial charge on any atom is -0.309 e. The normalized spacial score (nSPS) is 12.8. The number of hydrogen-bond donors (Lipinski definition) is 0. The number of aromatic nitrogens is 5. The lowest BCUT2D eigenvalue weighted by Crippen LogP contribution is -1.94. The van der Waals surface area contributed by atoms with Crippen LogP contribution in [-0.4, -0.2) is 23.9 Å². The van der Waals surface area contributed by atoms with Crippen molar-refractivity contribution in [2.75, 3.05) is 0 Å². The molecule has 0 amide bonds. The molecule has 5 heterocycles. The van der Waals surface area contributed by atoms with Gasteiger partial charge in [0.2, 0.25) is 0 Å². The fraction of sp³-hybridized carbons (Fsp3) is 0.0278. The number of para-hydroxylation sites is 2. The Kier molecular flexibility index (Phi) is 3.92. The highest BCUT2D eigenvalue weighted by Crippen LogP contribution is 2.45. The molecule has 0 N–H and O–H groups in total. The predicted octanol–water partition coefficient (Wildman–Crippen LogP) is 8.25. The topological polar surface area (TPSA) is 48.0 Å². The monoisotopic (exact) mass is 523 g/mol. The number of benzene rings is 4. The van der Waals surface area contributed by atoms with Crippen LogP contribution in [0.25, 0.3) is 77.1 Å². The second kappa shape index (κ2) is 7.55. The van der Waals surface area contributed by atoms with E-state index in [2.05, 4.69) is 110 Å². The van der Waals surface area contributed by atoms with Gasteiger partial charge in [0.25, 0.3) is 0 Å². The van der Waals surface area contributed by atoms with Crippen molar-refractivity contribution < 1.29 is 0 Å². The van der Waals surface area contributed by atoms with Crippen LogP contribution in [-0.2, 0) is 6.42 Å². The van der Waals surface area contributed by atoms with Gasteiger partial charge in [-0.3, -0.25) is 9.38 Å². The third-order valence-corrected chi connectivity index (χ3v) is 8.83. The Hall–Kier alpha value is -5.55. The summed E-state index contributed by atoms with van der Waals surface area (Å²) in [6.07, 6.45) is 6.54. The van der Waals surface area contributed by atoms with Gasteiger partial charge in [0, 0.05) is 39.6 Å². The molecule has 190 valence electrons. The van der Waals surface area contributed by atoms with Gasteiger partial charge in [-0.15, -0.1) is 0 Å². The summed E-state index contributed by atoms with van der Waals surface area (Å²) in [5, 5.41) is 6.09. The van der Waals surface area contributed by atoms with E-state index < -0.39 is 0 Å². The molecule has 0 unspecified atom stereocenters. The second-order valence-corrected chi connectivity index (χ2v) is 11.0. The summed E-state index contributed by atoms with van der Waals surface area (Å²) in [5.41, 5.74) is 12.7. The molecule has 5 aromatic heterocycles. The van der Waals surface area contributed by atoms with E-state index in [4.69, 9.17) is 4.98 Å². The van der Waals surface area contributed by atoms with Gasteiger partial charge in [-0.2, -0.15) is 0 Å². The van der Waals surface area contributed by atoms with Crippen LogP contribution in [0.5, 0.6) is 0 Å². The fourth-order valence-electron chi connectivity index (χ4n) is 7.10. The largest absolute Gasteiger partial charge is 0.309 e. The lowest BCUT2D eigenvalue weighted by molar-refractivity contribution is 1.18. The zero-order valence-electron chi connectivity index (χ0n) is 21.9. The van der Waals surface area contributed by atoms with E-state index in [0.717, 1.165) is 34.1 Å². The van der Waals surface area contributed by atoms with Crippen LogP contribution in [0.2, 0.25) is 0 Å². The van der Waals surface area contributed by atoms with Crippen molar-refractivity contribution in [1.29, 1.82) is 0 Å². The van der Waals surface area contributed by atoms with E-state index in [1.54, 1.807) is 0 Å². The number of hydrogen-bond acceptors (Lipinski definition) is 3. The minimum absolute atomic E-state index is 0.755. The molecule has 0 aliphatic heterocycles. The molecule has 5 nitrogen and oxygen atoms in total. The van der Waals surface area contributed by atoms with E-state index >= 15 is 0 Å². The van der Waals surface area contributed by atoms with E-state index in [1.807, 2.05) is 24.7 Å². The maximum absolute atomic E-state index is 5.00. The summed E-state index contributed by atoms with van der Waals surface area (Å²) in [6.45, 7) is 0. The predicted molar refractivity (Wildman–Crippen MR) is 166 cm³/mol. The van der Waals surface area contributed by atoms with Crippen molar-refractivity contribution in [2.24, 2.45) is 0 Å². The zero-order chi connectivity index (χ0) is 26.7. The molecule has 10 rings (SSSR count). The quantitative estimate of drug-likeness (QED) is 0.204. The highest BCUT2D eigenvalue weighted by molar-refractivity contribution is 6.16. The zero-order valence-corrected chi connectivity index (χ0v) is 21.9. The molecule has 41 heavy (non-hydrogen) atoms. The maximum Gasteiger partial charge on any atom is 0.178 e. The summed E-state index contributed by atoms with van der Waals surface area (Å²) in [4.78, 5) is 14.1. The van der Waals surface area contributed by atoms with Crippen molar-refractivity contribution in [1.82, 2.24) is 23.9 Å². The Bertz CT molecular complexity index is 2550. The Morgan fingerprint density at radius 1 is 0.561 bits per heavy atom. The first kappa shape index (κ1) is 21.3. The van der Waals surface area contributed by atoms with E-state index in [9.17, 15) is 0 Å². The SMILES string of the molecule is c1ccc(-n2c3ccccc3c3cc4c(cc32)-c2cc3c5ccncc5n5c6cccnc6nc5c3cc2C4)cc1. The second-order valence-electron chi connectivity index (χ2n) is 11.0. The Balaban J connectivity index is 1.31. The smallest absolute Gasteiger partial charge is 0.178 e. The number of imidazole rings is 1. The number of nitrogens with zero attached hydrogens (tertiary/aromatic N) is 5. The maximum atomic E-state index is 5.00. The molecule has 9 aromatic rings. The van der Waals surface area contributed by atoms with Crippen LogP contribution in [0.4, 0.5) is 0 Å². The minimum atomic E-state index is 0.755. The molecule has 0 saturated carbocycles. The van der Waals surface area contributed by atoms with Gasteiger partial charge in [-0.05, 0) is 94.7 Å². The van der Waals surface area contributed by atoms with Crippen LogP contribution in [0, 0.1) is 0 Å². The van der Waals surface area contributed by atoms with E-state index in [1.165, 1.54) is 60.5 Å². The number of rotatable bonds is 1. The molecule has 4 aromatic carbocycles. The van der Waals surface area contributed by atoms with E-state index in [-0.39, 0.29) is 0 Å². The molecule has 0 radical (unpaired) electrons. The average molecular weight is 524 g/mol. The van der Waals surface area contributed by atoms with Crippen LogP contribution in [0.15, 0.2) is 116 Å². The first-order chi connectivity index (χ1) is 20.3. The summed E-state index contributed by atoms with van der Waals surface area (Å²) in [6, 6.07) is 35.2. The Labute approximate surface area is 234 Å². The van der Waals surface area contributed by atoms with Gasteiger partial charge in [0.1, 0.15) is 5.65 Å². The third kappa shape index (κ3) is 2.72. The molecule has 0 fully saturated rings. The molecule has 1 aliphatic carbocycles. The molecular weight excluding hydrogens is 502 g/mol.